The lowest BCUT2D eigenvalue weighted by Gasteiger charge is -1.84. The highest BCUT2D eigenvalue weighted by molar-refractivity contribution is 4.92. The number of hydrogen-bond acceptors (Lipinski definition) is 2. The quantitative estimate of drug-likeness (QED) is 0.648. The van der Waals surface area contributed by atoms with Crippen LogP contribution in [0.1, 0.15) is 33.4 Å². The van der Waals surface area contributed by atoms with E-state index in [4.69, 9.17) is 0 Å². The fourth-order valence-electron chi connectivity index (χ4n) is 0.459. The fourth-order valence-corrected chi connectivity index (χ4v) is 0.459. The summed E-state index contributed by atoms with van der Waals surface area (Å²) in [7, 11) is 0. The summed E-state index contributed by atoms with van der Waals surface area (Å²) in [6.07, 6.45) is 1.48. The molecule has 0 fully saturated rings. The Morgan fingerprint density at radius 1 is 1.25 bits per heavy atom. The summed E-state index contributed by atoms with van der Waals surface area (Å²) < 4.78 is 0. The third kappa shape index (κ3) is 6.99. The molecule has 0 unspecified atom stereocenters. The van der Waals surface area contributed by atoms with Crippen LogP contribution in [0.5, 0.6) is 0 Å². The van der Waals surface area contributed by atoms with E-state index in [1.807, 2.05) is 34.6 Å². The van der Waals surface area contributed by atoms with Crippen molar-refractivity contribution < 1.29 is 0 Å². The van der Waals surface area contributed by atoms with Crippen molar-refractivity contribution in [1.82, 2.24) is 9.97 Å². The average Bonchev–Trinajstić information content (AvgIpc) is 2.11. The summed E-state index contributed by atoms with van der Waals surface area (Å²) in [5.74, 6) is 0. The Hall–Kier alpha value is -1.12. The standard InChI is InChI=1S/C5H6N2O.2C2H6/c1-4-2-3-6-5(8)7-4;2*1-2/h2-3H,1H3,(H,6,7,8);2*1-2H3. The molecule has 0 aromatic carbocycles. The molecule has 1 aromatic rings. The molecule has 0 amide bonds. The van der Waals surface area contributed by atoms with Gasteiger partial charge >= 0.3 is 5.69 Å². The Labute approximate surface area is 73.9 Å². The molecular formula is C9H18N2O. The van der Waals surface area contributed by atoms with Gasteiger partial charge in [-0.3, -0.25) is 0 Å². The second-order valence-electron chi connectivity index (χ2n) is 1.56. The third-order valence-corrected chi connectivity index (χ3v) is 0.820. The predicted molar refractivity (Wildman–Crippen MR) is 52.3 cm³/mol. The maximum absolute atomic E-state index is 10.3. The molecule has 1 aromatic heterocycles. The van der Waals surface area contributed by atoms with Gasteiger partial charge in [0.25, 0.3) is 0 Å². The first-order valence-electron chi connectivity index (χ1n) is 4.31. The maximum Gasteiger partial charge on any atom is 0.345 e. The van der Waals surface area contributed by atoms with Crippen LogP contribution in [0.3, 0.4) is 0 Å². The van der Waals surface area contributed by atoms with E-state index in [0.29, 0.717) is 0 Å². The van der Waals surface area contributed by atoms with Crippen LogP contribution in [-0.4, -0.2) is 9.97 Å². The lowest BCUT2D eigenvalue weighted by Crippen LogP contribution is -2.08. The van der Waals surface area contributed by atoms with E-state index in [1.165, 1.54) is 6.20 Å². The normalized spacial score (nSPS) is 7.08. The van der Waals surface area contributed by atoms with Gasteiger partial charge in [-0.05, 0) is 13.0 Å². The molecule has 0 saturated heterocycles. The summed E-state index contributed by atoms with van der Waals surface area (Å²) in [6.45, 7) is 9.81. The number of aromatic nitrogens is 2. The molecule has 0 atom stereocenters. The minimum absolute atomic E-state index is 0.287. The monoisotopic (exact) mass is 170 g/mol. The topological polar surface area (TPSA) is 45.8 Å². The van der Waals surface area contributed by atoms with Crippen LogP contribution in [0.25, 0.3) is 0 Å². The van der Waals surface area contributed by atoms with Gasteiger partial charge in [-0.25, -0.2) is 9.78 Å². The third-order valence-electron chi connectivity index (χ3n) is 0.820. The Balaban J connectivity index is 0. The van der Waals surface area contributed by atoms with E-state index in [0.717, 1.165) is 5.69 Å². The van der Waals surface area contributed by atoms with Crippen LogP contribution >= 0.6 is 0 Å². The van der Waals surface area contributed by atoms with E-state index >= 15 is 0 Å². The first-order valence-corrected chi connectivity index (χ1v) is 4.31. The largest absolute Gasteiger partial charge is 0.345 e. The van der Waals surface area contributed by atoms with Crippen LogP contribution in [0.4, 0.5) is 0 Å². The molecule has 1 heterocycles. The molecule has 0 bridgehead atoms. The van der Waals surface area contributed by atoms with E-state index in [-0.39, 0.29) is 5.69 Å². The summed E-state index contributed by atoms with van der Waals surface area (Å²) >= 11 is 0. The highest BCUT2D eigenvalue weighted by Gasteiger charge is 1.80. The lowest BCUT2D eigenvalue weighted by atomic mass is 10.5. The van der Waals surface area contributed by atoms with Gasteiger partial charge in [0.05, 0.1) is 0 Å². The van der Waals surface area contributed by atoms with Crippen molar-refractivity contribution in [3.63, 3.8) is 0 Å². The molecule has 0 aliphatic rings. The fraction of sp³-hybridized carbons (Fsp3) is 0.556. The second-order valence-corrected chi connectivity index (χ2v) is 1.56. The zero-order valence-corrected chi connectivity index (χ0v) is 8.51. The summed E-state index contributed by atoms with van der Waals surface area (Å²) in [5.41, 5.74) is 0.551. The smallest absolute Gasteiger partial charge is 0.310 e. The van der Waals surface area contributed by atoms with Crippen LogP contribution in [-0.2, 0) is 0 Å². The molecule has 3 heteroatoms. The van der Waals surface area contributed by atoms with Crippen molar-refractivity contribution in [3.05, 3.63) is 28.4 Å². The molecule has 1 rings (SSSR count). The van der Waals surface area contributed by atoms with Crippen molar-refractivity contribution in [2.75, 3.05) is 0 Å². The summed E-state index contributed by atoms with van der Waals surface area (Å²) in [5, 5.41) is 0. The highest BCUT2D eigenvalue weighted by Crippen LogP contribution is 1.78. The molecule has 12 heavy (non-hydrogen) atoms. The zero-order chi connectivity index (χ0) is 9.98. The first-order chi connectivity index (χ1) is 5.79. The average molecular weight is 170 g/mol. The van der Waals surface area contributed by atoms with Gasteiger partial charge < -0.3 is 4.98 Å². The molecule has 0 radical (unpaired) electrons. The number of hydrogen-bond donors (Lipinski definition) is 1. The van der Waals surface area contributed by atoms with Crippen LogP contribution < -0.4 is 5.69 Å². The molecule has 70 valence electrons. The molecule has 1 N–H and O–H groups in total. The molecule has 0 aliphatic heterocycles. The molecule has 0 aliphatic carbocycles. The first kappa shape index (κ1) is 13.5. The van der Waals surface area contributed by atoms with Gasteiger partial charge in [0.1, 0.15) is 0 Å². The van der Waals surface area contributed by atoms with Gasteiger partial charge in [0.2, 0.25) is 0 Å². The minimum Gasteiger partial charge on any atom is -0.310 e. The Morgan fingerprint density at radius 2 is 1.75 bits per heavy atom. The predicted octanol–water partition coefficient (Wildman–Crippen LogP) is 2.13. The van der Waals surface area contributed by atoms with Gasteiger partial charge in [0.15, 0.2) is 0 Å². The number of nitrogens with zero attached hydrogens (tertiary/aromatic N) is 1. The van der Waals surface area contributed by atoms with Crippen LogP contribution in [0.15, 0.2) is 17.1 Å². The van der Waals surface area contributed by atoms with Gasteiger partial charge in [-0.1, -0.05) is 27.7 Å². The number of nitrogens with one attached hydrogen (secondary N) is 1. The van der Waals surface area contributed by atoms with Crippen LogP contribution in [0.2, 0.25) is 0 Å². The van der Waals surface area contributed by atoms with Gasteiger partial charge in [-0.15, -0.1) is 0 Å². The van der Waals surface area contributed by atoms with Crippen LogP contribution in [0, 0.1) is 6.92 Å². The molecule has 0 saturated carbocycles. The van der Waals surface area contributed by atoms with Gasteiger partial charge in [-0.2, -0.15) is 0 Å². The SMILES string of the molecule is CC.CC.Cc1ccnc(=O)[nH]1. The second kappa shape index (κ2) is 9.88. The summed E-state index contributed by atoms with van der Waals surface area (Å²) in [6, 6.07) is 1.74. The van der Waals surface area contributed by atoms with E-state index in [1.54, 1.807) is 6.07 Å². The maximum atomic E-state index is 10.3. The number of rotatable bonds is 0. The van der Waals surface area contributed by atoms with Crippen molar-refractivity contribution in [3.8, 4) is 0 Å². The number of aromatic amines is 1. The number of H-pyrrole nitrogens is 1. The summed E-state index contributed by atoms with van der Waals surface area (Å²) in [4.78, 5) is 16.3. The molecular weight excluding hydrogens is 152 g/mol. The Kier molecular flexibility index (Phi) is 11.1. The molecule has 3 nitrogen and oxygen atoms in total. The van der Waals surface area contributed by atoms with Gasteiger partial charge in [0, 0.05) is 11.9 Å². The zero-order valence-electron chi connectivity index (χ0n) is 8.51. The van der Waals surface area contributed by atoms with Crippen molar-refractivity contribution in [1.29, 1.82) is 0 Å². The lowest BCUT2D eigenvalue weighted by molar-refractivity contribution is 1.03. The van der Waals surface area contributed by atoms with E-state index in [2.05, 4.69) is 9.97 Å². The van der Waals surface area contributed by atoms with E-state index < -0.39 is 0 Å². The molecule has 0 spiro atoms. The number of aryl methyl sites for hydroxylation is 1. The van der Waals surface area contributed by atoms with Crippen molar-refractivity contribution >= 4 is 0 Å². The highest BCUT2D eigenvalue weighted by atomic mass is 16.1. The minimum atomic E-state index is -0.287. The van der Waals surface area contributed by atoms with E-state index in [9.17, 15) is 4.79 Å². The van der Waals surface area contributed by atoms with Crippen molar-refractivity contribution in [2.45, 2.75) is 34.6 Å². The Bertz CT molecular complexity index is 230. The Morgan fingerprint density at radius 3 is 2.00 bits per heavy atom. The van der Waals surface area contributed by atoms with Crippen molar-refractivity contribution in [2.24, 2.45) is 0 Å².